The second kappa shape index (κ2) is 7.37. The van der Waals surface area contributed by atoms with Crippen LogP contribution in [0.4, 0.5) is 15.8 Å². The zero-order valence-electron chi connectivity index (χ0n) is 13.8. The van der Waals surface area contributed by atoms with E-state index in [0.29, 0.717) is 11.4 Å². The van der Waals surface area contributed by atoms with E-state index in [-0.39, 0.29) is 16.7 Å². The predicted molar refractivity (Wildman–Crippen MR) is 93.5 cm³/mol. The summed E-state index contributed by atoms with van der Waals surface area (Å²) in [7, 11) is -3.44. The molecule has 0 atom stereocenters. The summed E-state index contributed by atoms with van der Waals surface area (Å²) in [6, 6.07) is 5.51. The van der Waals surface area contributed by atoms with Crippen molar-refractivity contribution in [2.45, 2.75) is 23.8 Å². The normalized spacial score (nSPS) is 15.8. The maximum absolute atomic E-state index is 14.2. The number of hydrogen-bond acceptors (Lipinski definition) is 6. The second-order valence-electron chi connectivity index (χ2n) is 6.02. The number of rotatable bonds is 5. The Morgan fingerprint density at radius 1 is 1.24 bits per heavy atom. The Kier molecular flexibility index (Phi) is 5.19. The smallest absolute Gasteiger partial charge is 0.175 e. The van der Waals surface area contributed by atoms with Gasteiger partial charge in [-0.25, -0.2) is 12.8 Å². The van der Waals surface area contributed by atoms with Crippen LogP contribution in [0.1, 0.15) is 12.8 Å². The fourth-order valence-corrected chi connectivity index (χ4v) is 3.27. The lowest BCUT2D eigenvalue weighted by Gasteiger charge is -2.23. The van der Waals surface area contributed by atoms with Crippen molar-refractivity contribution in [1.82, 2.24) is 10.3 Å². The molecule has 1 aromatic carbocycles. The average Bonchev–Trinajstić information content (AvgIpc) is 2.57. The largest absolute Gasteiger partial charge is 0.489 e. The molecular formula is C17H20FN3O3S. The van der Waals surface area contributed by atoms with Gasteiger partial charge in [0, 0.05) is 12.3 Å². The van der Waals surface area contributed by atoms with Crippen molar-refractivity contribution < 1.29 is 17.5 Å². The molecule has 1 fully saturated rings. The number of ether oxygens (including phenoxy) is 1. The molecule has 0 amide bonds. The summed E-state index contributed by atoms with van der Waals surface area (Å²) < 4.78 is 43.0. The number of nitrogens with zero attached hydrogens (tertiary/aromatic N) is 1. The molecule has 0 saturated carbocycles. The molecule has 3 rings (SSSR count). The van der Waals surface area contributed by atoms with Crippen molar-refractivity contribution in [2.24, 2.45) is 0 Å². The number of hydrogen-bond donors (Lipinski definition) is 2. The molecule has 134 valence electrons. The van der Waals surface area contributed by atoms with Gasteiger partial charge in [-0.15, -0.1) is 0 Å². The molecule has 0 spiro atoms. The highest BCUT2D eigenvalue weighted by atomic mass is 32.2. The van der Waals surface area contributed by atoms with Gasteiger partial charge in [0.25, 0.3) is 0 Å². The second-order valence-corrected chi connectivity index (χ2v) is 8.03. The topological polar surface area (TPSA) is 80.3 Å². The third-order valence-corrected chi connectivity index (χ3v) is 5.06. The van der Waals surface area contributed by atoms with E-state index in [1.54, 1.807) is 18.5 Å². The van der Waals surface area contributed by atoms with E-state index in [2.05, 4.69) is 15.6 Å². The summed E-state index contributed by atoms with van der Waals surface area (Å²) in [4.78, 5) is 4.05. The number of benzene rings is 1. The highest BCUT2D eigenvalue weighted by molar-refractivity contribution is 7.90. The van der Waals surface area contributed by atoms with Crippen LogP contribution in [0.3, 0.4) is 0 Å². The van der Waals surface area contributed by atoms with Crippen molar-refractivity contribution in [1.29, 1.82) is 0 Å². The molecule has 0 aliphatic carbocycles. The third-order valence-electron chi connectivity index (χ3n) is 3.95. The number of sulfone groups is 1. The standard InChI is InChI=1S/C17H20FN3O3S/c1-25(22,23)15-2-3-17(16(18)9-15)21-12-8-14(11-20-10-12)24-13-4-6-19-7-5-13/h2-3,8-11,13,19,21H,4-7H2,1H3. The van der Waals surface area contributed by atoms with Crippen LogP contribution in [0.5, 0.6) is 5.75 Å². The molecule has 0 radical (unpaired) electrons. The number of nitrogens with one attached hydrogen (secondary N) is 2. The van der Waals surface area contributed by atoms with Gasteiger partial charge in [-0.1, -0.05) is 0 Å². The van der Waals surface area contributed by atoms with Crippen molar-refractivity contribution in [3.63, 3.8) is 0 Å². The van der Waals surface area contributed by atoms with E-state index in [9.17, 15) is 12.8 Å². The summed E-state index contributed by atoms with van der Waals surface area (Å²) in [5.41, 5.74) is 0.741. The first-order valence-corrected chi connectivity index (χ1v) is 9.90. The first kappa shape index (κ1) is 17.6. The molecule has 0 bridgehead atoms. The van der Waals surface area contributed by atoms with Crippen molar-refractivity contribution in [3.05, 3.63) is 42.5 Å². The van der Waals surface area contributed by atoms with Crippen LogP contribution in [0.2, 0.25) is 0 Å². The summed E-state index contributed by atoms with van der Waals surface area (Å²) in [6.45, 7) is 1.85. The van der Waals surface area contributed by atoms with Crippen LogP contribution in [0.15, 0.2) is 41.6 Å². The van der Waals surface area contributed by atoms with Gasteiger partial charge in [-0.05, 0) is 44.1 Å². The maximum atomic E-state index is 14.2. The van der Waals surface area contributed by atoms with Crippen LogP contribution in [0.25, 0.3) is 0 Å². The molecule has 0 unspecified atom stereocenters. The molecule has 1 aliphatic heterocycles. The zero-order chi connectivity index (χ0) is 17.9. The lowest BCUT2D eigenvalue weighted by atomic mass is 10.1. The number of pyridine rings is 1. The minimum absolute atomic E-state index is 0.0586. The van der Waals surface area contributed by atoms with Gasteiger partial charge in [0.05, 0.1) is 28.7 Å². The molecule has 8 heteroatoms. The monoisotopic (exact) mass is 365 g/mol. The highest BCUT2D eigenvalue weighted by Crippen LogP contribution is 2.25. The first-order valence-electron chi connectivity index (χ1n) is 8.01. The minimum Gasteiger partial charge on any atom is -0.489 e. The van der Waals surface area contributed by atoms with E-state index in [1.807, 2.05) is 0 Å². The number of aromatic nitrogens is 1. The van der Waals surface area contributed by atoms with Crippen LogP contribution in [-0.2, 0) is 9.84 Å². The van der Waals surface area contributed by atoms with Crippen LogP contribution < -0.4 is 15.4 Å². The lowest BCUT2D eigenvalue weighted by Crippen LogP contribution is -2.34. The van der Waals surface area contributed by atoms with Crippen molar-refractivity contribution in [3.8, 4) is 5.75 Å². The SMILES string of the molecule is CS(=O)(=O)c1ccc(Nc2cncc(OC3CCNCC3)c2)c(F)c1. The fraction of sp³-hybridized carbons (Fsp3) is 0.353. The van der Waals surface area contributed by atoms with Gasteiger partial charge < -0.3 is 15.4 Å². The van der Waals surface area contributed by atoms with Crippen LogP contribution >= 0.6 is 0 Å². The fourth-order valence-electron chi connectivity index (χ4n) is 2.64. The Labute approximate surface area is 146 Å². The van der Waals surface area contributed by atoms with Crippen molar-refractivity contribution >= 4 is 21.2 Å². The van der Waals surface area contributed by atoms with E-state index < -0.39 is 15.7 Å². The van der Waals surface area contributed by atoms with Gasteiger partial charge >= 0.3 is 0 Å². The summed E-state index contributed by atoms with van der Waals surface area (Å²) >= 11 is 0. The van der Waals surface area contributed by atoms with Gasteiger partial charge in [0.2, 0.25) is 0 Å². The Morgan fingerprint density at radius 2 is 2.00 bits per heavy atom. The molecule has 1 aromatic heterocycles. The van der Waals surface area contributed by atoms with Gasteiger partial charge in [-0.3, -0.25) is 4.98 Å². The predicted octanol–water partition coefficient (Wildman–Crippen LogP) is 2.50. The van der Waals surface area contributed by atoms with E-state index >= 15 is 0 Å². The Hall–Kier alpha value is -2.19. The third kappa shape index (κ3) is 4.67. The van der Waals surface area contributed by atoms with E-state index in [0.717, 1.165) is 38.3 Å². The van der Waals surface area contributed by atoms with Gasteiger partial charge in [0.15, 0.2) is 9.84 Å². The molecule has 2 aromatic rings. The minimum atomic E-state index is -3.44. The molecular weight excluding hydrogens is 345 g/mol. The van der Waals surface area contributed by atoms with E-state index in [1.165, 1.54) is 12.1 Å². The van der Waals surface area contributed by atoms with Crippen LogP contribution in [0, 0.1) is 5.82 Å². The summed E-state index contributed by atoms with van der Waals surface area (Å²) in [5, 5.41) is 6.18. The first-order chi connectivity index (χ1) is 11.9. The molecule has 2 heterocycles. The quantitative estimate of drug-likeness (QED) is 0.847. The Bertz CT molecular complexity index is 852. The summed E-state index contributed by atoms with van der Waals surface area (Å²) in [6.07, 6.45) is 6.22. The average molecular weight is 365 g/mol. The molecule has 2 N–H and O–H groups in total. The zero-order valence-corrected chi connectivity index (χ0v) is 14.6. The molecule has 6 nitrogen and oxygen atoms in total. The number of anilines is 2. The Morgan fingerprint density at radius 3 is 2.68 bits per heavy atom. The highest BCUT2D eigenvalue weighted by Gasteiger charge is 2.15. The van der Waals surface area contributed by atoms with E-state index in [4.69, 9.17) is 4.74 Å². The number of halogens is 1. The molecule has 1 aliphatic rings. The van der Waals surface area contributed by atoms with Crippen LogP contribution in [-0.4, -0.2) is 38.9 Å². The lowest BCUT2D eigenvalue weighted by molar-refractivity contribution is 0.162. The molecule has 1 saturated heterocycles. The number of piperidine rings is 1. The Balaban J connectivity index is 1.73. The molecule has 25 heavy (non-hydrogen) atoms. The maximum Gasteiger partial charge on any atom is 0.175 e. The van der Waals surface area contributed by atoms with Gasteiger partial charge in [0.1, 0.15) is 17.7 Å². The summed E-state index contributed by atoms with van der Waals surface area (Å²) in [5.74, 6) is -0.0299. The van der Waals surface area contributed by atoms with Crippen molar-refractivity contribution in [2.75, 3.05) is 24.7 Å². The van der Waals surface area contributed by atoms with Gasteiger partial charge in [-0.2, -0.15) is 0 Å².